The standard InChI is InChI=1S/C10H23N3O3S.ClH/c1-13(7-8-16-2)17(14,15)12-10-5-3-9(11)4-6-10;/h9-10,12H,3-8,11H2,1-2H3;1H. The van der Waals surface area contributed by atoms with Crippen LogP contribution in [0.4, 0.5) is 0 Å². The summed E-state index contributed by atoms with van der Waals surface area (Å²) in [6.07, 6.45) is 3.40. The number of rotatable bonds is 6. The van der Waals surface area contributed by atoms with Gasteiger partial charge in [0.15, 0.2) is 0 Å². The Labute approximate surface area is 116 Å². The molecule has 3 N–H and O–H groups in total. The van der Waals surface area contributed by atoms with Crippen LogP contribution < -0.4 is 10.5 Å². The van der Waals surface area contributed by atoms with Crippen LogP contribution >= 0.6 is 12.4 Å². The Bertz CT molecular complexity index is 318. The second kappa shape index (κ2) is 8.29. The molecular formula is C10H24ClN3O3S. The van der Waals surface area contributed by atoms with Gasteiger partial charge in [0.2, 0.25) is 0 Å². The van der Waals surface area contributed by atoms with Gasteiger partial charge in [0.1, 0.15) is 0 Å². The number of nitrogens with zero attached hydrogens (tertiary/aromatic N) is 1. The van der Waals surface area contributed by atoms with E-state index in [2.05, 4.69) is 4.72 Å². The second-order valence-electron chi connectivity index (χ2n) is 4.55. The highest BCUT2D eigenvalue weighted by Gasteiger charge is 2.25. The van der Waals surface area contributed by atoms with Crippen LogP contribution in [0.15, 0.2) is 0 Å². The Morgan fingerprint density at radius 2 is 1.89 bits per heavy atom. The highest BCUT2D eigenvalue weighted by Crippen LogP contribution is 2.17. The molecule has 0 heterocycles. The van der Waals surface area contributed by atoms with E-state index in [0.29, 0.717) is 13.2 Å². The smallest absolute Gasteiger partial charge is 0.279 e. The molecule has 0 spiro atoms. The van der Waals surface area contributed by atoms with Crippen molar-refractivity contribution in [2.45, 2.75) is 37.8 Å². The van der Waals surface area contributed by atoms with Crippen molar-refractivity contribution < 1.29 is 13.2 Å². The lowest BCUT2D eigenvalue weighted by Gasteiger charge is -2.28. The van der Waals surface area contributed by atoms with Gasteiger partial charge in [-0.15, -0.1) is 12.4 Å². The maximum absolute atomic E-state index is 11.9. The number of hydrogen-bond donors (Lipinski definition) is 2. The number of halogens is 1. The van der Waals surface area contributed by atoms with Crippen LogP contribution in [0.2, 0.25) is 0 Å². The predicted octanol–water partition coefficient (Wildman–Crippen LogP) is 0.0907. The average Bonchev–Trinajstić information content (AvgIpc) is 2.28. The molecule has 0 aromatic rings. The molecule has 0 aromatic heterocycles. The monoisotopic (exact) mass is 301 g/mol. The van der Waals surface area contributed by atoms with Gasteiger partial charge in [0, 0.05) is 32.8 Å². The third-order valence-corrected chi connectivity index (χ3v) is 4.74. The minimum Gasteiger partial charge on any atom is -0.383 e. The van der Waals surface area contributed by atoms with Crippen molar-refractivity contribution in [3.05, 3.63) is 0 Å². The summed E-state index contributed by atoms with van der Waals surface area (Å²) in [7, 11) is -0.284. The first-order chi connectivity index (χ1) is 7.95. The number of nitrogens with one attached hydrogen (secondary N) is 1. The minimum absolute atomic E-state index is 0. The van der Waals surface area contributed by atoms with Gasteiger partial charge in [0.05, 0.1) is 6.61 Å². The number of methoxy groups -OCH3 is 1. The molecule has 8 heteroatoms. The Kier molecular flexibility index (Phi) is 8.33. The lowest BCUT2D eigenvalue weighted by molar-refractivity contribution is 0.184. The molecule has 0 atom stereocenters. The molecule has 1 aliphatic rings. The summed E-state index contributed by atoms with van der Waals surface area (Å²) in [5, 5.41) is 0. The first kappa shape index (κ1) is 18.1. The Morgan fingerprint density at radius 3 is 2.39 bits per heavy atom. The van der Waals surface area contributed by atoms with Crippen LogP contribution in [0.1, 0.15) is 25.7 Å². The molecule has 0 unspecified atom stereocenters. The molecule has 0 saturated heterocycles. The molecule has 1 aliphatic carbocycles. The molecule has 1 fully saturated rings. The molecule has 110 valence electrons. The molecule has 1 rings (SSSR count). The fourth-order valence-corrected chi connectivity index (χ4v) is 3.03. The fraction of sp³-hybridized carbons (Fsp3) is 1.00. The Hall–Kier alpha value is 0.0800. The summed E-state index contributed by atoms with van der Waals surface area (Å²) >= 11 is 0. The first-order valence-corrected chi connectivity index (χ1v) is 7.38. The SMILES string of the molecule is COCCN(C)S(=O)(=O)NC1CCC(N)CC1.Cl. The van der Waals surface area contributed by atoms with Crippen LogP contribution in [-0.2, 0) is 14.9 Å². The lowest BCUT2D eigenvalue weighted by atomic mass is 9.93. The number of hydrogen-bond acceptors (Lipinski definition) is 4. The highest BCUT2D eigenvalue weighted by molar-refractivity contribution is 7.87. The van der Waals surface area contributed by atoms with E-state index in [1.54, 1.807) is 14.2 Å². The largest absolute Gasteiger partial charge is 0.383 e. The summed E-state index contributed by atoms with van der Waals surface area (Å²) in [6, 6.07) is 0.242. The molecule has 0 amide bonds. The number of nitrogens with two attached hydrogens (primary N) is 1. The van der Waals surface area contributed by atoms with Gasteiger partial charge in [0.25, 0.3) is 10.2 Å². The maximum Gasteiger partial charge on any atom is 0.279 e. The van der Waals surface area contributed by atoms with Gasteiger partial charge in [-0.1, -0.05) is 0 Å². The summed E-state index contributed by atoms with van der Waals surface area (Å²) in [6.45, 7) is 0.755. The van der Waals surface area contributed by atoms with E-state index in [1.807, 2.05) is 0 Å². The van der Waals surface area contributed by atoms with Crippen molar-refractivity contribution in [1.82, 2.24) is 9.03 Å². The minimum atomic E-state index is -3.39. The maximum atomic E-state index is 11.9. The molecule has 0 bridgehead atoms. The van der Waals surface area contributed by atoms with Crippen molar-refractivity contribution in [3.63, 3.8) is 0 Å². The van der Waals surface area contributed by atoms with E-state index in [9.17, 15) is 8.42 Å². The van der Waals surface area contributed by atoms with Crippen LogP contribution in [0.3, 0.4) is 0 Å². The van der Waals surface area contributed by atoms with Gasteiger partial charge in [-0.3, -0.25) is 0 Å². The van der Waals surface area contributed by atoms with Crippen molar-refractivity contribution in [3.8, 4) is 0 Å². The van der Waals surface area contributed by atoms with Gasteiger partial charge in [-0.05, 0) is 25.7 Å². The molecule has 6 nitrogen and oxygen atoms in total. The van der Waals surface area contributed by atoms with Gasteiger partial charge < -0.3 is 10.5 Å². The molecule has 0 radical (unpaired) electrons. The van der Waals surface area contributed by atoms with Crippen molar-refractivity contribution in [2.75, 3.05) is 27.3 Å². The van der Waals surface area contributed by atoms with Crippen LogP contribution in [-0.4, -0.2) is 52.1 Å². The van der Waals surface area contributed by atoms with Gasteiger partial charge in [-0.25, -0.2) is 0 Å². The van der Waals surface area contributed by atoms with E-state index in [-0.39, 0.29) is 24.5 Å². The fourth-order valence-electron chi connectivity index (χ4n) is 1.88. The Balaban J connectivity index is 0.00000289. The molecule has 1 saturated carbocycles. The van der Waals surface area contributed by atoms with E-state index in [4.69, 9.17) is 10.5 Å². The molecule has 0 aromatic carbocycles. The second-order valence-corrected chi connectivity index (χ2v) is 6.36. The predicted molar refractivity (Wildman–Crippen MR) is 74.0 cm³/mol. The lowest BCUT2D eigenvalue weighted by Crippen LogP contribution is -2.46. The summed E-state index contributed by atoms with van der Waals surface area (Å²) in [5.41, 5.74) is 5.78. The van der Waals surface area contributed by atoms with Crippen molar-refractivity contribution >= 4 is 22.6 Å². The topological polar surface area (TPSA) is 84.7 Å². The van der Waals surface area contributed by atoms with Crippen molar-refractivity contribution in [2.24, 2.45) is 5.73 Å². The normalized spacial score (nSPS) is 24.9. The van der Waals surface area contributed by atoms with Crippen LogP contribution in [0.5, 0.6) is 0 Å². The highest BCUT2D eigenvalue weighted by atomic mass is 35.5. The summed E-state index contributed by atoms with van der Waals surface area (Å²) in [5.74, 6) is 0. The number of ether oxygens (including phenoxy) is 1. The summed E-state index contributed by atoms with van der Waals surface area (Å²) < 4.78 is 32.7. The third-order valence-electron chi connectivity index (χ3n) is 3.11. The first-order valence-electron chi connectivity index (χ1n) is 5.94. The third kappa shape index (κ3) is 5.81. The van der Waals surface area contributed by atoms with Crippen molar-refractivity contribution in [1.29, 1.82) is 0 Å². The number of likely N-dealkylation sites (N-methyl/N-ethyl adjacent to an activating group) is 1. The van der Waals surface area contributed by atoms with Gasteiger partial charge >= 0.3 is 0 Å². The summed E-state index contributed by atoms with van der Waals surface area (Å²) in [4.78, 5) is 0. The molecular weight excluding hydrogens is 278 g/mol. The molecule has 18 heavy (non-hydrogen) atoms. The zero-order valence-corrected chi connectivity index (χ0v) is 12.6. The van der Waals surface area contributed by atoms with Crippen LogP contribution in [0, 0.1) is 0 Å². The van der Waals surface area contributed by atoms with E-state index in [1.165, 1.54) is 4.31 Å². The zero-order valence-electron chi connectivity index (χ0n) is 11.0. The van der Waals surface area contributed by atoms with Gasteiger partial charge in [-0.2, -0.15) is 17.4 Å². The van der Waals surface area contributed by atoms with E-state index >= 15 is 0 Å². The van der Waals surface area contributed by atoms with E-state index in [0.717, 1.165) is 25.7 Å². The zero-order chi connectivity index (χ0) is 12.9. The molecule has 0 aliphatic heterocycles. The average molecular weight is 302 g/mol. The van der Waals surface area contributed by atoms with E-state index < -0.39 is 10.2 Å². The van der Waals surface area contributed by atoms with Crippen LogP contribution in [0.25, 0.3) is 0 Å². The quantitative estimate of drug-likeness (QED) is 0.728. The Morgan fingerprint density at radius 1 is 1.33 bits per heavy atom.